The first-order valence-corrected chi connectivity index (χ1v) is 6.75. The number of hydrogen-bond donors (Lipinski definition) is 2. The van der Waals surface area contributed by atoms with Gasteiger partial charge in [-0.15, -0.1) is 0 Å². The zero-order chi connectivity index (χ0) is 13.7. The van der Waals surface area contributed by atoms with Gasteiger partial charge >= 0.3 is 0 Å². The highest BCUT2D eigenvalue weighted by Gasteiger charge is 2.52. The van der Waals surface area contributed by atoms with E-state index in [0.29, 0.717) is 17.2 Å². The summed E-state index contributed by atoms with van der Waals surface area (Å²) >= 11 is 0. The minimum atomic E-state index is -0.110. The zero-order valence-corrected chi connectivity index (χ0v) is 11.5. The standard InChI is InChI=1S/C14H20N2O3/c1-6-7(2)19-8(3)10(6)14(17)16-12-11(15)9-4-5-18-13(9)12/h9,11-13H,4-5,15H2,1-3H3,(H,16,17). The van der Waals surface area contributed by atoms with Crippen molar-refractivity contribution in [3.63, 3.8) is 0 Å². The van der Waals surface area contributed by atoms with Gasteiger partial charge in [-0.3, -0.25) is 4.79 Å². The Balaban J connectivity index is 1.75. The van der Waals surface area contributed by atoms with Gasteiger partial charge in [0.1, 0.15) is 11.5 Å². The number of fused-ring (bicyclic) bond motifs is 1. The van der Waals surface area contributed by atoms with Crippen LogP contribution in [0.15, 0.2) is 4.42 Å². The first kappa shape index (κ1) is 12.7. The Morgan fingerprint density at radius 3 is 2.68 bits per heavy atom. The Morgan fingerprint density at radius 2 is 2.05 bits per heavy atom. The Hall–Kier alpha value is -1.33. The van der Waals surface area contributed by atoms with E-state index >= 15 is 0 Å². The summed E-state index contributed by atoms with van der Waals surface area (Å²) in [5.74, 6) is 1.74. The fourth-order valence-electron chi connectivity index (χ4n) is 3.28. The molecule has 0 bridgehead atoms. The lowest BCUT2D eigenvalue weighted by molar-refractivity contribution is -0.0161. The number of furan rings is 1. The summed E-state index contributed by atoms with van der Waals surface area (Å²) in [6, 6.07) is -0.0703. The van der Waals surface area contributed by atoms with Crippen molar-refractivity contribution in [2.45, 2.75) is 45.4 Å². The van der Waals surface area contributed by atoms with Crippen molar-refractivity contribution in [1.82, 2.24) is 5.32 Å². The van der Waals surface area contributed by atoms with Crippen LogP contribution in [0.2, 0.25) is 0 Å². The Kier molecular flexibility index (Phi) is 2.91. The Bertz CT molecular complexity index is 523. The lowest BCUT2D eigenvalue weighted by atomic mass is 9.72. The fourth-order valence-corrected chi connectivity index (χ4v) is 3.28. The molecule has 1 aliphatic carbocycles. The minimum Gasteiger partial charge on any atom is -0.466 e. The van der Waals surface area contributed by atoms with E-state index in [1.54, 1.807) is 0 Å². The van der Waals surface area contributed by atoms with Gasteiger partial charge in [-0.1, -0.05) is 0 Å². The molecular formula is C14H20N2O3. The van der Waals surface area contributed by atoms with Crippen molar-refractivity contribution in [2.75, 3.05) is 6.61 Å². The highest BCUT2D eigenvalue weighted by Crippen LogP contribution is 2.38. The van der Waals surface area contributed by atoms with Crippen LogP contribution in [0, 0.1) is 26.7 Å². The number of rotatable bonds is 2. The van der Waals surface area contributed by atoms with Crippen LogP contribution < -0.4 is 11.1 Å². The maximum atomic E-state index is 12.4. The molecule has 2 fully saturated rings. The van der Waals surface area contributed by atoms with Crippen molar-refractivity contribution in [1.29, 1.82) is 0 Å². The van der Waals surface area contributed by atoms with E-state index < -0.39 is 0 Å². The van der Waals surface area contributed by atoms with E-state index in [0.717, 1.165) is 24.4 Å². The number of hydrogen-bond acceptors (Lipinski definition) is 4. The van der Waals surface area contributed by atoms with Gasteiger partial charge in [0.25, 0.3) is 5.91 Å². The summed E-state index contributed by atoms with van der Waals surface area (Å²) < 4.78 is 11.1. The Labute approximate surface area is 112 Å². The normalized spacial score (nSPS) is 32.8. The van der Waals surface area contributed by atoms with Crippen LogP contribution in [0.4, 0.5) is 0 Å². The minimum absolute atomic E-state index is 0.00469. The zero-order valence-electron chi connectivity index (χ0n) is 11.5. The molecule has 1 saturated heterocycles. The topological polar surface area (TPSA) is 77.5 Å². The van der Waals surface area contributed by atoms with Gasteiger partial charge in [0.05, 0.1) is 17.7 Å². The predicted molar refractivity (Wildman–Crippen MR) is 70.0 cm³/mol. The number of carbonyl (C=O) groups is 1. The van der Waals surface area contributed by atoms with Crippen LogP contribution in [0.1, 0.15) is 33.9 Å². The summed E-state index contributed by atoms with van der Waals surface area (Å²) in [5.41, 5.74) is 7.62. The molecule has 1 amide bonds. The molecule has 0 spiro atoms. The van der Waals surface area contributed by atoms with Crippen molar-refractivity contribution in [2.24, 2.45) is 11.7 Å². The molecule has 1 saturated carbocycles. The number of ether oxygens (including phenoxy) is 1. The van der Waals surface area contributed by atoms with Crippen LogP contribution in [-0.4, -0.2) is 30.7 Å². The largest absolute Gasteiger partial charge is 0.466 e. The van der Waals surface area contributed by atoms with Crippen molar-refractivity contribution in [3.8, 4) is 0 Å². The monoisotopic (exact) mass is 264 g/mol. The number of nitrogens with one attached hydrogen (secondary N) is 1. The van der Waals surface area contributed by atoms with Gasteiger partial charge in [-0.2, -0.15) is 0 Å². The number of amides is 1. The van der Waals surface area contributed by atoms with E-state index in [2.05, 4.69) is 5.32 Å². The van der Waals surface area contributed by atoms with Gasteiger partial charge in [0.15, 0.2) is 0 Å². The van der Waals surface area contributed by atoms with E-state index in [-0.39, 0.29) is 24.1 Å². The molecule has 1 aliphatic heterocycles. The third kappa shape index (κ3) is 1.80. The maximum Gasteiger partial charge on any atom is 0.255 e. The Morgan fingerprint density at radius 1 is 1.32 bits per heavy atom. The number of aryl methyl sites for hydroxylation is 2. The molecule has 4 unspecified atom stereocenters. The van der Waals surface area contributed by atoms with E-state index in [9.17, 15) is 4.79 Å². The summed E-state index contributed by atoms with van der Waals surface area (Å²) in [6.07, 6.45) is 1.09. The molecule has 19 heavy (non-hydrogen) atoms. The SMILES string of the molecule is Cc1oc(C)c(C(=O)NC2C(N)C3CCOC32)c1C. The van der Waals surface area contributed by atoms with Crippen LogP contribution >= 0.6 is 0 Å². The molecule has 1 aromatic rings. The van der Waals surface area contributed by atoms with Gasteiger partial charge in [-0.05, 0) is 27.2 Å². The van der Waals surface area contributed by atoms with Gasteiger partial charge < -0.3 is 20.2 Å². The van der Waals surface area contributed by atoms with E-state index in [4.69, 9.17) is 14.9 Å². The molecule has 0 aromatic carbocycles. The second-order valence-electron chi connectivity index (χ2n) is 5.58. The molecule has 5 nitrogen and oxygen atoms in total. The van der Waals surface area contributed by atoms with Crippen molar-refractivity contribution >= 4 is 5.91 Å². The lowest BCUT2D eigenvalue weighted by Crippen LogP contribution is -2.69. The fraction of sp³-hybridized carbons (Fsp3) is 0.643. The van der Waals surface area contributed by atoms with Crippen molar-refractivity contribution in [3.05, 3.63) is 22.6 Å². The van der Waals surface area contributed by atoms with Crippen LogP contribution in [0.3, 0.4) is 0 Å². The lowest BCUT2D eigenvalue weighted by Gasteiger charge is -2.45. The van der Waals surface area contributed by atoms with Crippen LogP contribution in [0.25, 0.3) is 0 Å². The predicted octanol–water partition coefficient (Wildman–Crippen LogP) is 1.05. The van der Waals surface area contributed by atoms with Gasteiger partial charge in [-0.25, -0.2) is 0 Å². The highest BCUT2D eigenvalue weighted by molar-refractivity contribution is 5.97. The first-order chi connectivity index (χ1) is 9.00. The summed E-state index contributed by atoms with van der Waals surface area (Å²) in [5, 5.41) is 3.00. The quantitative estimate of drug-likeness (QED) is 0.837. The van der Waals surface area contributed by atoms with Crippen LogP contribution in [-0.2, 0) is 4.74 Å². The molecule has 2 aliphatic rings. The highest BCUT2D eigenvalue weighted by atomic mass is 16.5. The average Bonchev–Trinajstić information content (AvgIpc) is 2.89. The average molecular weight is 264 g/mol. The number of carbonyl (C=O) groups excluding carboxylic acids is 1. The third-order valence-electron chi connectivity index (χ3n) is 4.53. The first-order valence-electron chi connectivity index (χ1n) is 6.75. The molecule has 1 aromatic heterocycles. The second-order valence-corrected chi connectivity index (χ2v) is 5.58. The van der Waals surface area contributed by atoms with Crippen molar-refractivity contribution < 1.29 is 13.9 Å². The third-order valence-corrected chi connectivity index (χ3v) is 4.53. The molecule has 5 heteroatoms. The van der Waals surface area contributed by atoms with Crippen LogP contribution in [0.5, 0.6) is 0 Å². The molecule has 4 atom stereocenters. The molecule has 3 N–H and O–H groups in total. The smallest absolute Gasteiger partial charge is 0.255 e. The summed E-state index contributed by atoms with van der Waals surface area (Å²) in [6.45, 7) is 6.32. The molecule has 3 rings (SSSR count). The van der Waals surface area contributed by atoms with Gasteiger partial charge in [0.2, 0.25) is 0 Å². The molecule has 104 valence electrons. The molecule has 0 radical (unpaired) electrons. The maximum absolute atomic E-state index is 12.4. The molecule has 2 heterocycles. The molecular weight excluding hydrogens is 244 g/mol. The van der Waals surface area contributed by atoms with E-state index in [1.807, 2.05) is 20.8 Å². The van der Waals surface area contributed by atoms with Gasteiger partial charge in [0, 0.05) is 24.1 Å². The van der Waals surface area contributed by atoms with E-state index in [1.165, 1.54) is 0 Å². The summed E-state index contributed by atoms with van der Waals surface area (Å²) in [7, 11) is 0. The number of nitrogens with two attached hydrogens (primary N) is 1. The summed E-state index contributed by atoms with van der Waals surface area (Å²) in [4.78, 5) is 12.4. The second kappa shape index (κ2) is 4.35.